The predicted molar refractivity (Wildman–Crippen MR) is 141 cm³/mol. The van der Waals surface area contributed by atoms with Gasteiger partial charge in [-0.1, -0.05) is 11.8 Å². The normalized spacial score (nSPS) is 18.8. The lowest BCUT2D eigenvalue weighted by molar-refractivity contribution is -0.146. The fourth-order valence-corrected chi connectivity index (χ4v) is 5.21. The number of ether oxygens (including phenoxy) is 1. The number of aliphatic carboxylic acids is 1. The third-order valence-electron chi connectivity index (χ3n) is 7.43. The van der Waals surface area contributed by atoms with E-state index in [1.54, 1.807) is 35.4 Å². The lowest BCUT2D eigenvalue weighted by Crippen LogP contribution is -2.44. The second-order valence-corrected chi connectivity index (χ2v) is 10.2. The molecule has 1 aromatic heterocycles. The number of benzene rings is 2. The van der Waals surface area contributed by atoms with Gasteiger partial charge in [-0.3, -0.25) is 14.7 Å². The van der Waals surface area contributed by atoms with Crippen LogP contribution in [0.15, 0.2) is 48.7 Å². The van der Waals surface area contributed by atoms with Gasteiger partial charge in [-0.05, 0) is 79.8 Å². The summed E-state index contributed by atoms with van der Waals surface area (Å²) in [4.78, 5) is 18.1. The van der Waals surface area contributed by atoms with Gasteiger partial charge < -0.3 is 14.9 Å². The molecule has 0 saturated carbocycles. The molecule has 0 aliphatic carbocycles. The Hall–Kier alpha value is -3.82. The fraction of sp³-hybridized carbons (Fsp3) is 0.400. The fourth-order valence-electron chi connectivity index (χ4n) is 5.21. The van der Waals surface area contributed by atoms with Crippen LogP contribution in [0, 0.1) is 23.7 Å². The Kier molecular flexibility index (Phi) is 9.33. The number of hydrogen-bond acceptors (Lipinski definition) is 5. The number of alkyl halides is 6. The van der Waals surface area contributed by atoms with Crippen molar-refractivity contribution in [3.63, 3.8) is 0 Å². The summed E-state index contributed by atoms with van der Waals surface area (Å²) in [5.41, 5.74) is -1.99. The molecule has 1 aliphatic heterocycles. The van der Waals surface area contributed by atoms with Crippen molar-refractivity contribution in [3.05, 3.63) is 70.9 Å². The smallest absolute Gasteiger partial charge is 0.416 e. The summed E-state index contributed by atoms with van der Waals surface area (Å²) in [7, 11) is 1.53. The van der Waals surface area contributed by atoms with Gasteiger partial charge in [0.15, 0.2) is 0 Å². The summed E-state index contributed by atoms with van der Waals surface area (Å²) in [5, 5.41) is 21.6. The Morgan fingerprint density at radius 2 is 1.79 bits per heavy atom. The Morgan fingerprint density at radius 1 is 1.10 bits per heavy atom. The zero-order chi connectivity index (χ0) is 30.7. The van der Waals surface area contributed by atoms with Gasteiger partial charge >= 0.3 is 18.3 Å². The summed E-state index contributed by atoms with van der Waals surface area (Å²) in [5.74, 6) is 3.51. The SMILES string of the molecule is COc1ccc2nccc([C@@H](O)CC[C@@H]3CCN(CC#Cc4cc(C(F)(F)F)cc(C(F)(F)F)c4)C[C@@H]3C(=O)O)c2c1. The molecule has 2 heterocycles. The molecule has 42 heavy (non-hydrogen) atoms. The number of methoxy groups -OCH3 is 1. The van der Waals surface area contributed by atoms with E-state index >= 15 is 0 Å². The molecule has 0 bridgehead atoms. The Bertz CT molecular complexity index is 1460. The van der Waals surface area contributed by atoms with Crippen LogP contribution < -0.4 is 4.74 Å². The molecule has 0 unspecified atom stereocenters. The highest BCUT2D eigenvalue weighted by atomic mass is 19.4. The van der Waals surface area contributed by atoms with Crippen molar-refractivity contribution < 1.29 is 46.1 Å². The molecule has 3 atom stereocenters. The standard InChI is InChI=1S/C30H28F6N2O4/c1-42-22-5-6-26-24(16-22)23(8-10-37-26)27(39)7-4-19-9-12-38(17-25(19)28(40)41)11-2-3-18-13-20(29(31,32)33)15-21(14-18)30(34,35)36/h5-6,8,10,13-16,19,25,27,39H,4,7,9,11-12,17H2,1H3,(H,40,41)/t19-,25+,27+/m1/s1. The van der Waals surface area contributed by atoms with Crippen molar-refractivity contribution in [1.82, 2.24) is 9.88 Å². The second kappa shape index (κ2) is 12.6. The summed E-state index contributed by atoms with van der Waals surface area (Å²) < 4.78 is 83.9. The van der Waals surface area contributed by atoms with E-state index in [2.05, 4.69) is 16.8 Å². The average Bonchev–Trinajstić information content (AvgIpc) is 2.94. The summed E-state index contributed by atoms with van der Waals surface area (Å²) >= 11 is 0. The molecule has 4 rings (SSSR count). The van der Waals surface area contributed by atoms with E-state index in [0.29, 0.717) is 54.8 Å². The number of carboxylic acid groups (broad SMARTS) is 1. The molecule has 224 valence electrons. The zero-order valence-electron chi connectivity index (χ0n) is 22.5. The number of likely N-dealkylation sites (tertiary alicyclic amines) is 1. The molecule has 6 nitrogen and oxygen atoms in total. The van der Waals surface area contributed by atoms with Crippen LogP contribution in [0.2, 0.25) is 0 Å². The van der Waals surface area contributed by atoms with Gasteiger partial charge in [-0.25, -0.2) is 0 Å². The number of carboxylic acids is 1. The summed E-state index contributed by atoms with van der Waals surface area (Å²) in [6.07, 6.45) is -8.01. The highest BCUT2D eigenvalue weighted by molar-refractivity contribution is 5.83. The molecular weight excluding hydrogens is 566 g/mol. The summed E-state index contributed by atoms with van der Waals surface area (Å²) in [6.45, 7) is 0.517. The van der Waals surface area contributed by atoms with Crippen molar-refractivity contribution in [2.75, 3.05) is 26.7 Å². The number of rotatable bonds is 7. The molecule has 0 radical (unpaired) electrons. The van der Waals surface area contributed by atoms with Crippen LogP contribution in [0.4, 0.5) is 26.3 Å². The third-order valence-corrected chi connectivity index (χ3v) is 7.43. The van der Waals surface area contributed by atoms with Crippen molar-refractivity contribution in [2.24, 2.45) is 11.8 Å². The van der Waals surface area contributed by atoms with Crippen molar-refractivity contribution in [1.29, 1.82) is 0 Å². The first-order valence-corrected chi connectivity index (χ1v) is 13.1. The first kappa shape index (κ1) is 31.1. The molecule has 3 aromatic rings. The maximum atomic E-state index is 13.1. The first-order chi connectivity index (χ1) is 19.8. The topological polar surface area (TPSA) is 82.9 Å². The van der Waals surface area contributed by atoms with E-state index < -0.39 is 47.0 Å². The molecule has 1 fully saturated rings. The quantitative estimate of drug-likeness (QED) is 0.252. The monoisotopic (exact) mass is 594 g/mol. The zero-order valence-corrected chi connectivity index (χ0v) is 22.5. The molecule has 12 heteroatoms. The lowest BCUT2D eigenvalue weighted by atomic mass is 9.81. The number of halogens is 6. The summed E-state index contributed by atoms with van der Waals surface area (Å²) in [6, 6.07) is 8.20. The molecule has 0 amide bonds. The van der Waals surface area contributed by atoms with E-state index in [1.807, 2.05) is 0 Å². The molecule has 1 saturated heterocycles. The van der Waals surface area contributed by atoms with E-state index in [9.17, 15) is 41.4 Å². The van der Waals surface area contributed by atoms with Crippen molar-refractivity contribution in [3.8, 4) is 17.6 Å². The van der Waals surface area contributed by atoms with Crippen LogP contribution >= 0.6 is 0 Å². The Morgan fingerprint density at radius 3 is 2.40 bits per heavy atom. The van der Waals surface area contributed by atoms with Crippen LogP contribution in [0.5, 0.6) is 5.75 Å². The minimum Gasteiger partial charge on any atom is -0.497 e. The number of aliphatic hydroxyl groups excluding tert-OH is 1. The van der Waals surface area contributed by atoms with Crippen LogP contribution in [-0.2, 0) is 17.1 Å². The van der Waals surface area contributed by atoms with Crippen LogP contribution in [0.25, 0.3) is 10.9 Å². The van der Waals surface area contributed by atoms with Crippen LogP contribution in [0.1, 0.15) is 47.6 Å². The van der Waals surface area contributed by atoms with E-state index in [0.717, 1.165) is 5.39 Å². The van der Waals surface area contributed by atoms with E-state index in [4.69, 9.17) is 4.74 Å². The maximum absolute atomic E-state index is 13.1. The number of aliphatic hydroxyl groups is 1. The third kappa shape index (κ3) is 7.52. The number of hydrogen-bond donors (Lipinski definition) is 2. The molecule has 2 N–H and O–H groups in total. The van der Waals surface area contributed by atoms with Gasteiger partial charge in [0.05, 0.1) is 42.3 Å². The minimum absolute atomic E-state index is 0.0262. The van der Waals surface area contributed by atoms with Gasteiger partial charge in [0.1, 0.15) is 5.75 Å². The number of carbonyl (C=O) groups is 1. The first-order valence-electron chi connectivity index (χ1n) is 13.1. The Balaban J connectivity index is 1.41. The van der Waals surface area contributed by atoms with Gasteiger partial charge in [0, 0.05) is 23.7 Å². The van der Waals surface area contributed by atoms with Gasteiger partial charge in [0.2, 0.25) is 0 Å². The predicted octanol–water partition coefficient (Wildman–Crippen LogP) is 6.17. The number of fused-ring (bicyclic) bond motifs is 1. The second-order valence-electron chi connectivity index (χ2n) is 10.2. The van der Waals surface area contributed by atoms with Crippen LogP contribution in [-0.4, -0.2) is 52.8 Å². The number of piperidine rings is 1. The Labute approximate surface area is 237 Å². The number of aromatic nitrogens is 1. The van der Waals surface area contributed by atoms with Gasteiger partial charge in [-0.15, -0.1) is 0 Å². The lowest BCUT2D eigenvalue weighted by Gasteiger charge is -2.36. The number of nitrogens with zero attached hydrogens (tertiary/aromatic N) is 2. The number of pyridine rings is 1. The largest absolute Gasteiger partial charge is 0.497 e. The van der Waals surface area contributed by atoms with Crippen LogP contribution in [0.3, 0.4) is 0 Å². The molecule has 2 aromatic carbocycles. The van der Waals surface area contributed by atoms with E-state index in [1.165, 1.54) is 7.11 Å². The average molecular weight is 595 g/mol. The van der Waals surface area contributed by atoms with E-state index in [-0.39, 0.29) is 25.1 Å². The highest BCUT2D eigenvalue weighted by Gasteiger charge is 2.37. The molecule has 1 aliphatic rings. The maximum Gasteiger partial charge on any atom is 0.416 e. The molecule has 0 spiro atoms. The minimum atomic E-state index is -4.97. The van der Waals surface area contributed by atoms with Crippen molar-refractivity contribution >= 4 is 16.9 Å². The molecular formula is C30H28F6N2O4. The van der Waals surface area contributed by atoms with Crippen molar-refractivity contribution in [2.45, 2.75) is 37.7 Å². The van der Waals surface area contributed by atoms with Gasteiger partial charge in [-0.2, -0.15) is 26.3 Å². The van der Waals surface area contributed by atoms with Gasteiger partial charge in [0.25, 0.3) is 0 Å². The highest BCUT2D eigenvalue weighted by Crippen LogP contribution is 2.37.